The van der Waals surface area contributed by atoms with Gasteiger partial charge in [0.2, 0.25) is 5.89 Å². The fourth-order valence-electron chi connectivity index (χ4n) is 1.74. The molecule has 0 amide bonds. The zero-order valence-corrected chi connectivity index (χ0v) is 7.92. The highest BCUT2D eigenvalue weighted by molar-refractivity contribution is 4.93. The van der Waals surface area contributed by atoms with Crippen LogP contribution in [0.4, 0.5) is 0 Å². The van der Waals surface area contributed by atoms with E-state index in [1.54, 1.807) is 0 Å². The van der Waals surface area contributed by atoms with E-state index in [-0.39, 0.29) is 0 Å². The second-order valence-corrected chi connectivity index (χ2v) is 3.56. The first-order valence-electron chi connectivity index (χ1n) is 4.87. The molecule has 1 aromatic rings. The topological polar surface area (TPSA) is 51.0 Å². The van der Waals surface area contributed by atoms with E-state index in [2.05, 4.69) is 15.5 Å². The van der Waals surface area contributed by atoms with Crippen LogP contribution in [0.25, 0.3) is 0 Å². The van der Waals surface area contributed by atoms with Crippen LogP contribution in [0.15, 0.2) is 4.52 Å². The van der Waals surface area contributed by atoms with Crippen molar-refractivity contribution in [1.29, 1.82) is 0 Å². The van der Waals surface area contributed by atoms with E-state index in [1.807, 2.05) is 6.92 Å². The molecule has 4 nitrogen and oxygen atoms in total. The number of hydrogen-bond acceptors (Lipinski definition) is 4. The summed E-state index contributed by atoms with van der Waals surface area (Å²) in [7, 11) is 0. The Kier molecular flexibility index (Phi) is 2.59. The summed E-state index contributed by atoms with van der Waals surface area (Å²) in [5.41, 5.74) is 0. The lowest BCUT2D eigenvalue weighted by Gasteiger charge is -2.06. The maximum absolute atomic E-state index is 5.17. The second-order valence-electron chi connectivity index (χ2n) is 3.56. The Bertz CT molecular complexity index is 264. The van der Waals surface area contributed by atoms with Gasteiger partial charge in [0.25, 0.3) is 0 Å². The lowest BCUT2D eigenvalue weighted by atomic mass is 10.0. The molecule has 0 bridgehead atoms. The fraction of sp³-hybridized carbons (Fsp3) is 0.778. The molecule has 1 fully saturated rings. The first-order valence-corrected chi connectivity index (χ1v) is 4.87. The molecule has 2 heterocycles. The lowest BCUT2D eigenvalue weighted by Crippen LogP contribution is -2.13. The molecule has 13 heavy (non-hydrogen) atoms. The largest absolute Gasteiger partial charge is 0.339 e. The number of aryl methyl sites for hydroxylation is 1. The molecular formula is C9H15N3O. The van der Waals surface area contributed by atoms with Gasteiger partial charge in [-0.25, -0.2) is 0 Å². The fourth-order valence-corrected chi connectivity index (χ4v) is 1.74. The average Bonchev–Trinajstić information content (AvgIpc) is 2.43. The third-order valence-corrected chi connectivity index (χ3v) is 2.47. The van der Waals surface area contributed by atoms with Crippen molar-refractivity contribution in [3.8, 4) is 0 Å². The summed E-state index contributed by atoms with van der Waals surface area (Å²) in [6.07, 6.45) is 3.47. The molecule has 0 unspecified atom stereocenters. The van der Waals surface area contributed by atoms with Gasteiger partial charge in [-0.05, 0) is 39.3 Å². The lowest BCUT2D eigenvalue weighted by molar-refractivity contribution is 0.340. The van der Waals surface area contributed by atoms with Crippen LogP contribution >= 0.6 is 0 Å². The van der Waals surface area contributed by atoms with Crippen molar-refractivity contribution in [1.82, 2.24) is 15.5 Å². The molecule has 1 aliphatic heterocycles. The summed E-state index contributed by atoms with van der Waals surface area (Å²) >= 11 is 0. The molecule has 0 spiro atoms. The van der Waals surface area contributed by atoms with E-state index in [9.17, 15) is 0 Å². The van der Waals surface area contributed by atoms with Gasteiger partial charge in [0.15, 0.2) is 5.82 Å². The summed E-state index contributed by atoms with van der Waals surface area (Å²) in [4.78, 5) is 4.27. The minimum atomic E-state index is 0.469. The molecule has 72 valence electrons. The Hall–Kier alpha value is -0.900. The highest BCUT2D eigenvalue weighted by Gasteiger charge is 2.19. The molecule has 1 aliphatic rings. The normalized spacial score (nSPS) is 24.2. The van der Waals surface area contributed by atoms with Crippen LogP contribution in [-0.4, -0.2) is 23.2 Å². The second kappa shape index (κ2) is 3.87. The van der Waals surface area contributed by atoms with E-state index >= 15 is 0 Å². The van der Waals surface area contributed by atoms with Gasteiger partial charge >= 0.3 is 0 Å². The Morgan fingerprint density at radius 2 is 2.31 bits per heavy atom. The maximum atomic E-state index is 5.17. The first kappa shape index (κ1) is 8.69. The van der Waals surface area contributed by atoms with Crippen molar-refractivity contribution in [3.63, 3.8) is 0 Å². The molecule has 1 saturated heterocycles. The molecule has 0 saturated carbocycles. The number of rotatable bonds is 1. The van der Waals surface area contributed by atoms with Crippen LogP contribution in [0.2, 0.25) is 0 Å². The summed E-state index contributed by atoms with van der Waals surface area (Å²) in [5, 5.41) is 7.18. The predicted octanol–water partition coefficient (Wildman–Crippen LogP) is 1.24. The Labute approximate surface area is 77.7 Å². The highest BCUT2D eigenvalue weighted by atomic mass is 16.5. The zero-order valence-electron chi connectivity index (χ0n) is 7.92. The van der Waals surface area contributed by atoms with E-state index in [0.29, 0.717) is 5.92 Å². The molecule has 0 aliphatic carbocycles. The van der Waals surface area contributed by atoms with E-state index in [0.717, 1.165) is 37.6 Å². The zero-order chi connectivity index (χ0) is 9.10. The van der Waals surface area contributed by atoms with E-state index in [1.165, 1.54) is 6.42 Å². The van der Waals surface area contributed by atoms with Gasteiger partial charge in [-0.3, -0.25) is 0 Å². The molecule has 4 heteroatoms. The Morgan fingerprint density at radius 1 is 1.38 bits per heavy atom. The molecule has 1 atom stereocenters. The number of nitrogens with zero attached hydrogens (tertiary/aromatic N) is 2. The van der Waals surface area contributed by atoms with Crippen LogP contribution in [0.3, 0.4) is 0 Å². The average molecular weight is 181 g/mol. The van der Waals surface area contributed by atoms with Gasteiger partial charge in [-0.1, -0.05) is 5.16 Å². The monoisotopic (exact) mass is 181 g/mol. The van der Waals surface area contributed by atoms with Crippen molar-refractivity contribution in [2.45, 2.75) is 32.1 Å². The van der Waals surface area contributed by atoms with Crippen LogP contribution in [0, 0.1) is 6.92 Å². The van der Waals surface area contributed by atoms with Crippen molar-refractivity contribution in [2.75, 3.05) is 13.1 Å². The van der Waals surface area contributed by atoms with Gasteiger partial charge < -0.3 is 9.84 Å². The molecule has 1 aromatic heterocycles. The van der Waals surface area contributed by atoms with Gasteiger partial charge in [-0.2, -0.15) is 4.98 Å². The molecule has 0 aromatic carbocycles. The first-order chi connectivity index (χ1) is 6.36. The molecule has 0 radical (unpaired) electrons. The highest BCUT2D eigenvalue weighted by Crippen LogP contribution is 2.24. The van der Waals surface area contributed by atoms with Gasteiger partial charge in [0.05, 0.1) is 0 Å². The van der Waals surface area contributed by atoms with Gasteiger partial charge in [0.1, 0.15) is 0 Å². The summed E-state index contributed by atoms with van der Waals surface area (Å²) in [5.74, 6) is 2.03. The van der Waals surface area contributed by atoms with E-state index < -0.39 is 0 Å². The van der Waals surface area contributed by atoms with Crippen LogP contribution < -0.4 is 5.32 Å². The van der Waals surface area contributed by atoms with Gasteiger partial charge in [0, 0.05) is 5.92 Å². The van der Waals surface area contributed by atoms with Crippen LogP contribution in [0.5, 0.6) is 0 Å². The SMILES string of the molecule is Cc1noc([C@@H]2CCCNCC2)n1. The number of hydrogen-bond donors (Lipinski definition) is 1. The maximum Gasteiger partial charge on any atom is 0.229 e. The number of nitrogens with one attached hydrogen (secondary N) is 1. The Morgan fingerprint density at radius 3 is 3.08 bits per heavy atom. The Balaban J connectivity index is 2.06. The minimum absolute atomic E-state index is 0.469. The van der Waals surface area contributed by atoms with Crippen LogP contribution in [0.1, 0.15) is 36.9 Å². The van der Waals surface area contributed by atoms with Gasteiger partial charge in [-0.15, -0.1) is 0 Å². The van der Waals surface area contributed by atoms with Crippen molar-refractivity contribution < 1.29 is 4.52 Å². The summed E-state index contributed by atoms with van der Waals surface area (Å²) in [6.45, 7) is 4.04. The summed E-state index contributed by atoms with van der Waals surface area (Å²) < 4.78 is 5.17. The third kappa shape index (κ3) is 2.06. The molecular weight excluding hydrogens is 166 g/mol. The smallest absolute Gasteiger partial charge is 0.229 e. The van der Waals surface area contributed by atoms with Crippen LogP contribution in [-0.2, 0) is 0 Å². The van der Waals surface area contributed by atoms with E-state index in [4.69, 9.17) is 4.52 Å². The quantitative estimate of drug-likeness (QED) is 0.708. The van der Waals surface area contributed by atoms with Crippen molar-refractivity contribution in [2.24, 2.45) is 0 Å². The molecule has 1 N–H and O–H groups in total. The predicted molar refractivity (Wildman–Crippen MR) is 48.5 cm³/mol. The number of aromatic nitrogens is 2. The standard InChI is InChI=1S/C9H15N3O/c1-7-11-9(13-12-7)8-3-2-5-10-6-4-8/h8,10H,2-6H2,1H3/t8-/m1/s1. The van der Waals surface area contributed by atoms with Crippen molar-refractivity contribution >= 4 is 0 Å². The third-order valence-electron chi connectivity index (χ3n) is 2.47. The summed E-state index contributed by atoms with van der Waals surface area (Å²) in [6, 6.07) is 0. The molecule has 2 rings (SSSR count). The van der Waals surface area contributed by atoms with Crippen molar-refractivity contribution in [3.05, 3.63) is 11.7 Å². The minimum Gasteiger partial charge on any atom is -0.339 e.